The molecule has 4 N–H and O–H groups in total. The smallest absolute Gasteiger partial charge is 1.00 e. The molecule has 5 heteroatoms. The van der Waals surface area contributed by atoms with E-state index in [1.165, 1.54) is 33.4 Å². The van der Waals surface area contributed by atoms with Crippen LogP contribution in [0.25, 0.3) is 0 Å². The number of hydrogen-bond donors (Lipinski definition) is 2. The zero-order valence-corrected chi connectivity index (χ0v) is 24.2. The minimum atomic E-state index is -0.602. The Morgan fingerprint density at radius 3 is 1.06 bits per heavy atom. The SMILES string of the molecule is CC(C)c1cccc(C(C)C)c1C(N)(CCN)c1c(C(C)C)cccc1C(C)C.[Cl-].[Cl-].[Ti+2]. The summed E-state index contributed by atoms with van der Waals surface area (Å²) in [5.74, 6) is 1.60. The largest absolute Gasteiger partial charge is 2.00 e. The van der Waals surface area contributed by atoms with Crippen molar-refractivity contribution in [1.82, 2.24) is 0 Å². The Labute approximate surface area is 224 Å². The topological polar surface area (TPSA) is 52.0 Å². The maximum Gasteiger partial charge on any atom is 2.00 e. The van der Waals surface area contributed by atoms with Crippen LogP contribution >= 0.6 is 0 Å². The van der Waals surface area contributed by atoms with Crippen LogP contribution in [0, 0.1) is 0 Å². The summed E-state index contributed by atoms with van der Waals surface area (Å²) in [6.45, 7) is 18.7. The number of nitrogens with two attached hydrogens (primary N) is 2. The fourth-order valence-corrected chi connectivity index (χ4v) is 4.73. The van der Waals surface area contributed by atoms with E-state index in [4.69, 9.17) is 11.5 Å². The molecule has 0 atom stereocenters. The molecule has 32 heavy (non-hydrogen) atoms. The molecule has 2 nitrogen and oxygen atoms in total. The molecular formula is C27H42Cl2N2Ti. The quantitative estimate of drug-likeness (QED) is 0.512. The van der Waals surface area contributed by atoms with E-state index in [1.807, 2.05) is 0 Å². The Hall–Kier alpha value is -0.346. The average molecular weight is 513 g/mol. The van der Waals surface area contributed by atoms with Crippen LogP contribution in [0.2, 0.25) is 0 Å². The molecule has 0 aromatic heterocycles. The van der Waals surface area contributed by atoms with E-state index in [1.54, 1.807) is 0 Å². The van der Waals surface area contributed by atoms with Gasteiger partial charge in [0, 0.05) is 0 Å². The van der Waals surface area contributed by atoms with Crippen LogP contribution < -0.4 is 36.3 Å². The molecule has 0 saturated heterocycles. The molecule has 0 heterocycles. The predicted octanol–water partition coefficient (Wildman–Crippen LogP) is 0.737. The molecule has 0 aliphatic heterocycles. The van der Waals surface area contributed by atoms with Crippen molar-refractivity contribution in [2.45, 2.75) is 91.0 Å². The minimum Gasteiger partial charge on any atom is -1.00 e. The summed E-state index contributed by atoms with van der Waals surface area (Å²) in [6, 6.07) is 13.4. The Kier molecular flexibility index (Phi) is 15.0. The van der Waals surface area contributed by atoms with Gasteiger partial charge in [0.25, 0.3) is 0 Å². The van der Waals surface area contributed by atoms with E-state index in [9.17, 15) is 0 Å². The maximum atomic E-state index is 7.53. The number of hydrogen-bond acceptors (Lipinski definition) is 2. The predicted molar refractivity (Wildman–Crippen MR) is 128 cm³/mol. The molecule has 0 unspecified atom stereocenters. The molecule has 0 spiro atoms. The average Bonchev–Trinajstić information content (AvgIpc) is 2.66. The molecule has 2 aromatic rings. The van der Waals surface area contributed by atoms with Gasteiger partial charge in [-0.05, 0) is 70.0 Å². The second kappa shape index (κ2) is 14.1. The van der Waals surface area contributed by atoms with Gasteiger partial charge in [0.15, 0.2) is 0 Å². The molecular weight excluding hydrogens is 471 g/mol. The van der Waals surface area contributed by atoms with Crippen molar-refractivity contribution in [2.24, 2.45) is 11.5 Å². The van der Waals surface area contributed by atoms with Crippen molar-refractivity contribution in [3.8, 4) is 0 Å². The van der Waals surface area contributed by atoms with E-state index in [-0.39, 0.29) is 46.5 Å². The summed E-state index contributed by atoms with van der Waals surface area (Å²) in [5, 5.41) is 0. The van der Waals surface area contributed by atoms with Crippen LogP contribution in [0.3, 0.4) is 0 Å². The first-order chi connectivity index (χ1) is 13.6. The summed E-state index contributed by atoms with van der Waals surface area (Å²) in [4.78, 5) is 0. The molecule has 0 saturated carbocycles. The summed E-state index contributed by atoms with van der Waals surface area (Å²) in [6.07, 6.45) is 0.736. The monoisotopic (exact) mass is 512 g/mol. The van der Waals surface area contributed by atoms with Gasteiger partial charge in [0.2, 0.25) is 0 Å². The molecule has 0 fully saturated rings. The summed E-state index contributed by atoms with van der Waals surface area (Å²) in [7, 11) is 0. The molecule has 2 aromatic carbocycles. The van der Waals surface area contributed by atoms with E-state index in [0.717, 1.165) is 6.42 Å². The second-order valence-corrected chi connectivity index (χ2v) is 9.75. The maximum absolute atomic E-state index is 7.53. The Balaban J connectivity index is 0. The minimum absolute atomic E-state index is 0. The first-order valence-corrected chi connectivity index (χ1v) is 11.3. The third kappa shape index (κ3) is 6.84. The fraction of sp³-hybridized carbons (Fsp3) is 0.556. The van der Waals surface area contributed by atoms with Crippen molar-refractivity contribution in [2.75, 3.05) is 6.54 Å². The third-order valence-electron chi connectivity index (χ3n) is 6.18. The van der Waals surface area contributed by atoms with Crippen LogP contribution in [0.5, 0.6) is 0 Å². The standard InChI is InChI=1S/C27H42N2.2ClH.Ti/c1-17(2)21-11-9-12-22(18(3)4)25(21)27(29,15-16-28)26-23(19(5)6)13-10-14-24(26)20(7)8;;;/h9-14,17-20H,15-16,28-29H2,1-8H3;2*1H;/q;;;+2/p-2. The van der Waals surface area contributed by atoms with Crippen LogP contribution in [0.15, 0.2) is 36.4 Å². The fourth-order valence-electron chi connectivity index (χ4n) is 4.73. The number of halogens is 2. The van der Waals surface area contributed by atoms with Gasteiger partial charge in [-0.25, -0.2) is 0 Å². The van der Waals surface area contributed by atoms with Crippen molar-refractivity contribution >= 4 is 0 Å². The van der Waals surface area contributed by atoms with Crippen LogP contribution in [-0.4, -0.2) is 6.54 Å². The third-order valence-corrected chi connectivity index (χ3v) is 6.18. The molecule has 0 radical (unpaired) electrons. The first kappa shape index (κ1) is 33.8. The summed E-state index contributed by atoms with van der Waals surface area (Å²) in [5.41, 5.74) is 21.1. The van der Waals surface area contributed by atoms with Crippen molar-refractivity contribution in [1.29, 1.82) is 0 Å². The van der Waals surface area contributed by atoms with Gasteiger partial charge in [0.05, 0.1) is 5.54 Å². The Morgan fingerprint density at radius 1 is 0.625 bits per heavy atom. The van der Waals surface area contributed by atoms with Crippen LogP contribution in [-0.2, 0) is 27.3 Å². The molecule has 0 aliphatic rings. The summed E-state index contributed by atoms with van der Waals surface area (Å²) < 4.78 is 0. The van der Waals surface area contributed by atoms with Crippen molar-refractivity contribution in [3.05, 3.63) is 69.8 Å². The van der Waals surface area contributed by atoms with Gasteiger partial charge in [-0.3, -0.25) is 0 Å². The molecule has 0 aliphatic carbocycles. The van der Waals surface area contributed by atoms with Gasteiger partial charge >= 0.3 is 21.7 Å². The zero-order chi connectivity index (χ0) is 21.9. The molecule has 178 valence electrons. The van der Waals surface area contributed by atoms with E-state index in [0.29, 0.717) is 30.2 Å². The van der Waals surface area contributed by atoms with E-state index >= 15 is 0 Å². The molecule has 0 amide bonds. The Bertz CT molecular complexity index is 716. The van der Waals surface area contributed by atoms with Crippen molar-refractivity contribution in [3.63, 3.8) is 0 Å². The van der Waals surface area contributed by atoms with Gasteiger partial charge in [-0.15, -0.1) is 0 Å². The van der Waals surface area contributed by atoms with Gasteiger partial charge in [-0.1, -0.05) is 91.8 Å². The van der Waals surface area contributed by atoms with E-state index in [2.05, 4.69) is 91.8 Å². The number of benzene rings is 2. The first-order valence-electron chi connectivity index (χ1n) is 11.3. The van der Waals surface area contributed by atoms with Gasteiger partial charge in [0.1, 0.15) is 0 Å². The van der Waals surface area contributed by atoms with E-state index < -0.39 is 5.54 Å². The van der Waals surface area contributed by atoms with Gasteiger partial charge in [-0.2, -0.15) is 0 Å². The van der Waals surface area contributed by atoms with Crippen LogP contribution in [0.1, 0.15) is 119 Å². The molecule has 0 bridgehead atoms. The second-order valence-electron chi connectivity index (χ2n) is 9.75. The molecule has 2 rings (SSSR count). The van der Waals surface area contributed by atoms with Gasteiger partial charge < -0.3 is 36.3 Å². The van der Waals surface area contributed by atoms with Crippen molar-refractivity contribution < 1.29 is 46.5 Å². The van der Waals surface area contributed by atoms with Crippen LogP contribution in [0.4, 0.5) is 0 Å². The zero-order valence-electron chi connectivity index (χ0n) is 21.1. The summed E-state index contributed by atoms with van der Waals surface area (Å²) >= 11 is 0. The Morgan fingerprint density at radius 2 is 0.875 bits per heavy atom. The normalized spacial score (nSPS) is 11.4. The number of rotatable bonds is 8.